The fraction of sp³-hybridized carbons (Fsp3) is 0.625. The first-order chi connectivity index (χ1) is 10.6. The number of benzene rings is 1. The quantitative estimate of drug-likeness (QED) is 0.533. The van der Waals surface area contributed by atoms with Crippen LogP contribution in [0, 0.1) is 0 Å². The standard InChI is InChI=1S/C16H25ClN2O3/c1-16(20,13-22-15-4-2-14(17)3-5-15)12-18-6-7-19-8-10-21-11-9-19/h2-5,18,20H,6-13H2,1H3/p+2/t16-/m0/s1. The molecule has 1 heterocycles. The summed E-state index contributed by atoms with van der Waals surface area (Å²) in [6.45, 7) is 8.72. The van der Waals surface area contributed by atoms with Gasteiger partial charge in [-0.05, 0) is 31.2 Å². The number of rotatable bonds is 8. The molecule has 0 spiro atoms. The van der Waals surface area contributed by atoms with Crippen LogP contribution >= 0.6 is 11.6 Å². The van der Waals surface area contributed by atoms with Gasteiger partial charge in [0.25, 0.3) is 0 Å². The molecule has 6 heteroatoms. The Balaban J connectivity index is 1.61. The first kappa shape index (κ1) is 17.5. The van der Waals surface area contributed by atoms with E-state index in [0.717, 1.165) is 45.1 Å². The first-order valence-electron chi connectivity index (χ1n) is 7.89. The van der Waals surface area contributed by atoms with Crippen LogP contribution in [0.25, 0.3) is 0 Å². The van der Waals surface area contributed by atoms with Crippen LogP contribution in [0.1, 0.15) is 6.92 Å². The number of nitrogens with one attached hydrogen (secondary N) is 1. The molecule has 1 atom stereocenters. The van der Waals surface area contributed by atoms with Crippen LogP contribution < -0.4 is 15.0 Å². The molecule has 124 valence electrons. The Labute approximate surface area is 137 Å². The summed E-state index contributed by atoms with van der Waals surface area (Å²) in [6, 6.07) is 7.18. The van der Waals surface area contributed by atoms with Gasteiger partial charge in [-0.2, -0.15) is 0 Å². The molecule has 5 nitrogen and oxygen atoms in total. The molecule has 1 aliphatic heterocycles. The molecule has 0 aromatic heterocycles. The highest BCUT2D eigenvalue weighted by Crippen LogP contribution is 2.16. The summed E-state index contributed by atoms with van der Waals surface area (Å²) in [7, 11) is 0. The van der Waals surface area contributed by atoms with Crippen molar-refractivity contribution in [1.82, 2.24) is 0 Å². The molecule has 0 radical (unpaired) electrons. The van der Waals surface area contributed by atoms with E-state index in [-0.39, 0.29) is 6.61 Å². The molecule has 0 aliphatic carbocycles. The van der Waals surface area contributed by atoms with E-state index in [4.69, 9.17) is 21.1 Å². The Morgan fingerprint density at radius 1 is 1.32 bits per heavy atom. The summed E-state index contributed by atoms with van der Waals surface area (Å²) in [6.07, 6.45) is 0. The number of morpholine rings is 1. The summed E-state index contributed by atoms with van der Waals surface area (Å²) >= 11 is 5.83. The van der Waals surface area contributed by atoms with Gasteiger partial charge in [0, 0.05) is 5.02 Å². The minimum Gasteiger partial charge on any atom is -0.490 e. The largest absolute Gasteiger partial charge is 0.490 e. The van der Waals surface area contributed by atoms with Crippen LogP contribution in [0.5, 0.6) is 5.75 Å². The third-order valence-electron chi connectivity index (χ3n) is 3.85. The van der Waals surface area contributed by atoms with E-state index in [9.17, 15) is 5.11 Å². The van der Waals surface area contributed by atoms with E-state index in [2.05, 4.69) is 5.32 Å². The van der Waals surface area contributed by atoms with Crippen molar-refractivity contribution < 1.29 is 24.8 Å². The summed E-state index contributed by atoms with van der Waals surface area (Å²) in [5.41, 5.74) is -0.847. The molecule has 2 rings (SSSR count). The molecule has 4 N–H and O–H groups in total. The highest BCUT2D eigenvalue weighted by Gasteiger charge is 2.24. The summed E-state index contributed by atoms with van der Waals surface area (Å²) in [5, 5.41) is 13.2. The maximum absolute atomic E-state index is 10.4. The molecule has 0 bridgehead atoms. The normalized spacial score (nSPS) is 18.9. The van der Waals surface area contributed by atoms with Crippen molar-refractivity contribution in [3.05, 3.63) is 29.3 Å². The lowest BCUT2D eigenvalue weighted by molar-refractivity contribution is -0.920. The second kappa shape index (κ2) is 8.70. The highest BCUT2D eigenvalue weighted by atomic mass is 35.5. The van der Waals surface area contributed by atoms with Gasteiger partial charge in [-0.3, -0.25) is 0 Å². The zero-order valence-corrected chi connectivity index (χ0v) is 13.9. The average molecular weight is 331 g/mol. The van der Waals surface area contributed by atoms with Crippen LogP contribution in [0.4, 0.5) is 0 Å². The van der Waals surface area contributed by atoms with Crippen molar-refractivity contribution in [2.45, 2.75) is 12.5 Å². The molecule has 1 aromatic rings. The molecule has 1 saturated heterocycles. The van der Waals surface area contributed by atoms with Crippen LogP contribution in [0.15, 0.2) is 24.3 Å². The Morgan fingerprint density at radius 2 is 2.00 bits per heavy atom. The Morgan fingerprint density at radius 3 is 2.68 bits per heavy atom. The van der Waals surface area contributed by atoms with Gasteiger partial charge < -0.3 is 24.8 Å². The van der Waals surface area contributed by atoms with Gasteiger partial charge in [-0.25, -0.2) is 0 Å². The zero-order valence-electron chi connectivity index (χ0n) is 13.2. The third kappa shape index (κ3) is 6.50. The summed E-state index contributed by atoms with van der Waals surface area (Å²) < 4.78 is 11.0. The fourth-order valence-corrected chi connectivity index (χ4v) is 2.58. The molecule has 1 aliphatic rings. The number of quaternary nitrogens is 2. The van der Waals surface area contributed by atoms with Crippen LogP contribution in [0.2, 0.25) is 5.02 Å². The maximum Gasteiger partial charge on any atom is 0.144 e. The highest BCUT2D eigenvalue weighted by molar-refractivity contribution is 6.30. The number of ether oxygens (including phenoxy) is 2. The first-order valence-corrected chi connectivity index (χ1v) is 8.27. The Kier molecular flexibility index (Phi) is 6.92. The lowest BCUT2D eigenvalue weighted by Crippen LogP contribution is -3.16. The lowest BCUT2D eigenvalue weighted by atomic mass is 10.1. The summed E-state index contributed by atoms with van der Waals surface area (Å²) in [5.74, 6) is 0.724. The minimum absolute atomic E-state index is 0.273. The van der Waals surface area contributed by atoms with E-state index < -0.39 is 5.60 Å². The van der Waals surface area contributed by atoms with E-state index >= 15 is 0 Å². The second-order valence-electron chi connectivity index (χ2n) is 6.13. The van der Waals surface area contributed by atoms with E-state index in [1.54, 1.807) is 24.0 Å². The van der Waals surface area contributed by atoms with Gasteiger partial charge in [0.15, 0.2) is 0 Å². The van der Waals surface area contributed by atoms with Gasteiger partial charge in [-0.1, -0.05) is 11.6 Å². The van der Waals surface area contributed by atoms with Crippen molar-refractivity contribution in [2.24, 2.45) is 0 Å². The van der Waals surface area contributed by atoms with Gasteiger partial charge in [0.2, 0.25) is 0 Å². The Bertz CT molecular complexity index is 434. The van der Waals surface area contributed by atoms with E-state index in [1.807, 2.05) is 12.1 Å². The van der Waals surface area contributed by atoms with E-state index in [1.165, 1.54) is 0 Å². The Hall–Kier alpha value is -0.850. The number of aliphatic hydroxyl groups is 1. The molecule has 22 heavy (non-hydrogen) atoms. The SMILES string of the molecule is C[C@](O)(C[NH2+]CC[NH+]1CCOCC1)COc1ccc(Cl)cc1. The van der Waals surface area contributed by atoms with Crippen LogP contribution in [0.3, 0.4) is 0 Å². The lowest BCUT2D eigenvalue weighted by Gasteiger charge is -2.24. The molecule has 0 unspecified atom stereocenters. The number of hydrogen-bond donors (Lipinski definition) is 3. The van der Waals surface area contributed by atoms with Gasteiger partial charge in [-0.15, -0.1) is 0 Å². The minimum atomic E-state index is -0.847. The van der Waals surface area contributed by atoms with Crippen molar-refractivity contribution >= 4 is 11.6 Å². The van der Waals surface area contributed by atoms with Gasteiger partial charge >= 0.3 is 0 Å². The number of halogens is 1. The smallest absolute Gasteiger partial charge is 0.144 e. The monoisotopic (exact) mass is 330 g/mol. The maximum atomic E-state index is 10.4. The molecular weight excluding hydrogens is 304 g/mol. The molecule has 0 amide bonds. The van der Waals surface area contributed by atoms with Crippen molar-refractivity contribution in [2.75, 3.05) is 52.5 Å². The molecular formula is C16H27ClN2O3+2. The van der Waals surface area contributed by atoms with Crippen molar-refractivity contribution in [3.8, 4) is 5.75 Å². The fourth-order valence-electron chi connectivity index (χ4n) is 2.46. The van der Waals surface area contributed by atoms with Crippen LogP contribution in [-0.2, 0) is 4.74 Å². The van der Waals surface area contributed by atoms with Gasteiger partial charge in [0.05, 0.1) is 13.2 Å². The molecule has 1 fully saturated rings. The molecule has 0 saturated carbocycles. The topological polar surface area (TPSA) is 59.7 Å². The number of nitrogens with two attached hydrogens (primary N) is 1. The number of hydrogen-bond acceptors (Lipinski definition) is 3. The summed E-state index contributed by atoms with van der Waals surface area (Å²) in [4.78, 5) is 1.58. The van der Waals surface area contributed by atoms with Crippen LogP contribution in [-0.4, -0.2) is 63.3 Å². The predicted octanol–water partition coefficient (Wildman–Crippen LogP) is -1.05. The van der Waals surface area contributed by atoms with Crippen molar-refractivity contribution in [1.29, 1.82) is 0 Å². The third-order valence-corrected chi connectivity index (χ3v) is 4.10. The zero-order chi connectivity index (χ0) is 15.8. The average Bonchev–Trinajstić information content (AvgIpc) is 2.52. The second-order valence-corrected chi connectivity index (χ2v) is 6.57. The van der Waals surface area contributed by atoms with Gasteiger partial charge in [0.1, 0.15) is 50.7 Å². The van der Waals surface area contributed by atoms with Crippen molar-refractivity contribution in [3.63, 3.8) is 0 Å². The molecule has 1 aromatic carbocycles. The predicted molar refractivity (Wildman–Crippen MR) is 85.6 cm³/mol. The van der Waals surface area contributed by atoms with E-state index in [0.29, 0.717) is 11.6 Å².